The first-order valence-corrected chi connectivity index (χ1v) is 10.8. The lowest BCUT2D eigenvalue weighted by Crippen LogP contribution is -2.55. The van der Waals surface area contributed by atoms with Gasteiger partial charge in [0, 0.05) is 34.0 Å². The summed E-state index contributed by atoms with van der Waals surface area (Å²) in [5, 5.41) is 17.2. The highest BCUT2D eigenvalue weighted by Gasteiger charge is 2.52. The van der Waals surface area contributed by atoms with Crippen LogP contribution in [0.3, 0.4) is 0 Å². The highest BCUT2D eigenvalue weighted by molar-refractivity contribution is 6.30. The molecule has 0 aliphatic carbocycles. The molecule has 0 amide bonds. The van der Waals surface area contributed by atoms with E-state index in [2.05, 4.69) is 5.32 Å². The number of piperidine rings is 1. The Labute approximate surface area is 186 Å². The Balaban J connectivity index is 1.83. The molecule has 1 saturated heterocycles. The van der Waals surface area contributed by atoms with Crippen molar-refractivity contribution in [2.24, 2.45) is 11.8 Å². The Morgan fingerprint density at radius 1 is 0.733 bits per heavy atom. The fourth-order valence-electron chi connectivity index (χ4n) is 4.76. The van der Waals surface area contributed by atoms with Crippen molar-refractivity contribution in [3.8, 4) is 0 Å². The number of rotatable bonds is 3. The van der Waals surface area contributed by atoms with Crippen LogP contribution in [0.5, 0.6) is 0 Å². The van der Waals surface area contributed by atoms with E-state index in [0.29, 0.717) is 15.6 Å². The van der Waals surface area contributed by atoms with E-state index in [-0.39, 0.29) is 29.7 Å². The van der Waals surface area contributed by atoms with Crippen LogP contribution in [-0.2, 0) is 5.60 Å². The second kappa shape index (κ2) is 8.32. The van der Waals surface area contributed by atoms with E-state index < -0.39 is 5.60 Å². The second-order valence-corrected chi connectivity index (χ2v) is 9.01. The van der Waals surface area contributed by atoms with Gasteiger partial charge in [-0.2, -0.15) is 0 Å². The molecule has 0 spiro atoms. The van der Waals surface area contributed by atoms with Crippen LogP contribution in [0, 0.1) is 17.7 Å². The maximum absolute atomic E-state index is 13.6. The van der Waals surface area contributed by atoms with Gasteiger partial charge in [0.1, 0.15) is 5.82 Å². The van der Waals surface area contributed by atoms with Crippen molar-refractivity contribution in [3.05, 3.63) is 105 Å². The largest absolute Gasteiger partial charge is 0.384 e. The zero-order valence-corrected chi connectivity index (χ0v) is 18.3. The minimum atomic E-state index is -1.17. The Morgan fingerprint density at radius 2 is 1.13 bits per heavy atom. The van der Waals surface area contributed by atoms with Crippen LogP contribution in [-0.4, -0.2) is 5.11 Å². The SMILES string of the molecule is C[C@@H]1[C@H](c2ccc(Cl)cc2)N[C@H](c2ccc(Cl)cc2)[C@H](C)C1(O)c1ccc(F)cc1. The van der Waals surface area contributed by atoms with Crippen LogP contribution in [0.15, 0.2) is 72.8 Å². The Kier molecular flexibility index (Phi) is 5.91. The molecule has 1 heterocycles. The molecule has 1 aliphatic heterocycles. The van der Waals surface area contributed by atoms with Crippen LogP contribution < -0.4 is 5.32 Å². The molecule has 1 unspecified atom stereocenters. The Bertz CT molecular complexity index is 947. The van der Waals surface area contributed by atoms with Crippen LogP contribution in [0.1, 0.15) is 42.6 Å². The highest BCUT2D eigenvalue weighted by Crippen LogP contribution is 2.52. The minimum absolute atomic E-state index is 0.130. The summed E-state index contributed by atoms with van der Waals surface area (Å²) < 4.78 is 13.6. The summed E-state index contributed by atoms with van der Waals surface area (Å²) >= 11 is 12.2. The summed E-state index contributed by atoms with van der Waals surface area (Å²) in [4.78, 5) is 0. The van der Waals surface area contributed by atoms with Gasteiger partial charge >= 0.3 is 0 Å². The van der Waals surface area contributed by atoms with Crippen molar-refractivity contribution in [2.45, 2.75) is 31.5 Å². The fraction of sp³-hybridized carbons (Fsp3) is 0.280. The van der Waals surface area contributed by atoms with Gasteiger partial charge in [-0.15, -0.1) is 0 Å². The molecule has 1 fully saturated rings. The molecule has 5 atom stereocenters. The number of nitrogens with one attached hydrogen (secondary N) is 1. The lowest BCUT2D eigenvalue weighted by atomic mass is 9.63. The van der Waals surface area contributed by atoms with Gasteiger partial charge in [-0.1, -0.05) is 73.4 Å². The summed E-state index contributed by atoms with van der Waals surface area (Å²) in [5.41, 5.74) is 1.62. The molecule has 3 aromatic rings. The highest BCUT2D eigenvalue weighted by atomic mass is 35.5. The number of halogens is 3. The molecule has 1 aliphatic rings. The van der Waals surface area contributed by atoms with Crippen molar-refractivity contribution >= 4 is 23.2 Å². The van der Waals surface area contributed by atoms with Gasteiger partial charge in [0.05, 0.1) is 5.60 Å². The van der Waals surface area contributed by atoms with Crippen LogP contribution in [0.25, 0.3) is 0 Å². The standard InChI is InChI=1S/C25H24Cl2FNO/c1-15-23(17-3-9-20(26)10-4-17)29-24(18-5-11-21(27)12-6-18)16(2)25(15,30)19-7-13-22(28)14-8-19/h3-16,23-24,29-30H,1-2H3/t15-,16+,23-,24+,25?. The molecule has 0 saturated carbocycles. The number of benzene rings is 3. The third-order valence-corrected chi connectivity index (χ3v) is 7.02. The molecule has 5 heteroatoms. The third-order valence-electron chi connectivity index (χ3n) is 6.51. The normalized spacial score (nSPS) is 29.0. The van der Waals surface area contributed by atoms with Gasteiger partial charge in [-0.3, -0.25) is 0 Å². The maximum Gasteiger partial charge on any atom is 0.123 e. The Hall–Kier alpha value is -1.91. The van der Waals surface area contributed by atoms with E-state index in [9.17, 15) is 9.50 Å². The average molecular weight is 444 g/mol. The third kappa shape index (κ3) is 3.76. The molecular formula is C25H24Cl2FNO. The van der Waals surface area contributed by atoms with Crippen molar-refractivity contribution in [3.63, 3.8) is 0 Å². The molecule has 3 aromatic carbocycles. The van der Waals surface area contributed by atoms with E-state index in [1.807, 2.05) is 62.4 Å². The van der Waals surface area contributed by atoms with Gasteiger partial charge in [0.25, 0.3) is 0 Å². The van der Waals surface area contributed by atoms with Crippen molar-refractivity contribution < 1.29 is 9.50 Å². The molecule has 4 rings (SSSR count). The first kappa shape index (κ1) is 21.3. The molecular weight excluding hydrogens is 420 g/mol. The van der Waals surface area contributed by atoms with E-state index in [1.54, 1.807) is 12.1 Å². The first-order chi connectivity index (χ1) is 14.3. The van der Waals surface area contributed by atoms with Gasteiger partial charge in [-0.05, 0) is 53.1 Å². The quantitative estimate of drug-likeness (QED) is 0.473. The number of hydrogen-bond donors (Lipinski definition) is 2. The fourth-order valence-corrected chi connectivity index (χ4v) is 5.01. The lowest BCUT2D eigenvalue weighted by molar-refractivity contribution is -0.118. The number of aliphatic hydroxyl groups is 1. The van der Waals surface area contributed by atoms with Crippen LogP contribution in [0.4, 0.5) is 4.39 Å². The average Bonchev–Trinajstić information content (AvgIpc) is 2.74. The van der Waals surface area contributed by atoms with Crippen LogP contribution >= 0.6 is 23.2 Å². The van der Waals surface area contributed by atoms with E-state index >= 15 is 0 Å². The molecule has 2 N–H and O–H groups in total. The molecule has 0 bridgehead atoms. The lowest BCUT2D eigenvalue weighted by Gasteiger charge is -2.52. The number of hydrogen-bond acceptors (Lipinski definition) is 2. The predicted molar refractivity (Wildman–Crippen MR) is 120 cm³/mol. The van der Waals surface area contributed by atoms with Crippen molar-refractivity contribution in [2.75, 3.05) is 0 Å². The van der Waals surface area contributed by atoms with E-state index in [1.165, 1.54) is 12.1 Å². The smallest absolute Gasteiger partial charge is 0.123 e. The van der Waals surface area contributed by atoms with Gasteiger partial charge in [-0.25, -0.2) is 4.39 Å². The van der Waals surface area contributed by atoms with E-state index in [0.717, 1.165) is 11.1 Å². The molecule has 156 valence electrons. The molecule has 30 heavy (non-hydrogen) atoms. The van der Waals surface area contributed by atoms with E-state index in [4.69, 9.17) is 23.2 Å². The van der Waals surface area contributed by atoms with Crippen LogP contribution in [0.2, 0.25) is 10.0 Å². The first-order valence-electron chi connectivity index (χ1n) is 10.1. The zero-order chi connectivity index (χ0) is 21.5. The molecule has 2 nitrogen and oxygen atoms in total. The Morgan fingerprint density at radius 3 is 1.53 bits per heavy atom. The van der Waals surface area contributed by atoms with Gasteiger partial charge < -0.3 is 10.4 Å². The van der Waals surface area contributed by atoms with Crippen molar-refractivity contribution in [1.29, 1.82) is 0 Å². The summed E-state index contributed by atoms with van der Waals surface area (Å²) in [6.07, 6.45) is 0. The monoisotopic (exact) mass is 443 g/mol. The van der Waals surface area contributed by atoms with Gasteiger partial charge in [0.15, 0.2) is 0 Å². The topological polar surface area (TPSA) is 32.3 Å². The summed E-state index contributed by atoms with van der Waals surface area (Å²) in [6, 6.07) is 21.3. The minimum Gasteiger partial charge on any atom is -0.384 e. The second-order valence-electron chi connectivity index (χ2n) is 8.13. The molecule has 0 aromatic heterocycles. The van der Waals surface area contributed by atoms with Crippen molar-refractivity contribution in [1.82, 2.24) is 5.32 Å². The molecule has 0 radical (unpaired) electrons. The van der Waals surface area contributed by atoms with Gasteiger partial charge in [0.2, 0.25) is 0 Å². The summed E-state index contributed by atoms with van der Waals surface area (Å²) in [7, 11) is 0. The summed E-state index contributed by atoms with van der Waals surface area (Å²) in [6.45, 7) is 4.06. The zero-order valence-electron chi connectivity index (χ0n) is 16.8. The predicted octanol–water partition coefficient (Wildman–Crippen LogP) is 6.68. The maximum atomic E-state index is 13.6. The summed E-state index contributed by atoms with van der Waals surface area (Å²) in [5.74, 6) is -0.675.